The lowest BCUT2D eigenvalue weighted by Gasteiger charge is -2.10. The Morgan fingerprint density at radius 1 is 1.05 bits per heavy atom. The standard InChI is InChI=1S/C14H14ClNO3S/c1-9-5-10(2)7-11(6-9)19-14-4-3-12(8-13(14)15)20(16,17)18/h3-8H,1-2H3,(H2,16,17,18). The maximum absolute atomic E-state index is 11.2. The lowest BCUT2D eigenvalue weighted by atomic mass is 10.1. The molecule has 0 unspecified atom stereocenters. The number of aryl methyl sites for hydroxylation is 2. The van der Waals surface area contributed by atoms with Crippen molar-refractivity contribution >= 4 is 21.6 Å². The van der Waals surface area contributed by atoms with Gasteiger partial charge in [0.15, 0.2) is 0 Å². The lowest BCUT2D eigenvalue weighted by molar-refractivity contribution is 0.481. The highest BCUT2D eigenvalue weighted by atomic mass is 35.5. The summed E-state index contributed by atoms with van der Waals surface area (Å²) in [6, 6.07) is 9.89. The molecule has 0 amide bonds. The number of rotatable bonds is 3. The zero-order valence-corrected chi connectivity index (χ0v) is 12.6. The second-order valence-corrected chi connectivity index (χ2v) is 6.53. The lowest BCUT2D eigenvalue weighted by Crippen LogP contribution is -2.11. The van der Waals surface area contributed by atoms with Crippen LogP contribution in [-0.4, -0.2) is 8.42 Å². The van der Waals surface area contributed by atoms with E-state index in [-0.39, 0.29) is 9.92 Å². The molecule has 4 nitrogen and oxygen atoms in total. The Balaban J connectivity index is 2.35. The van der Waals surface area contributed by atoms with Crippen LogP contribution in [0.2, 0.25) is 5.02 Å². The van der Waals surface area contributed by atoms with Gasteiger partial charge in [0.05, 0.1) is 9.92 Å². The van der Waals surface area contributed by atoms with Gasteiger partial charge in [-0.2, -0.15) is 0 Å². The summed E-state index contributed by atoms with van der Waals surface area (Å²) < 4.78 is 28.1. The molecular weight excluding hydrogens is 298 g/mol. The Kier molecular flexibility index (Phi) is 4.04. The quantitative estimate of drug-likeness (QED) is 0.944. The molecule has 0 aliphatic heterocycles. The fraction of sp³-hybridized carbons (Fsp3) is 0.143. The van der Waals surface area contributed by atoms with Crippen molar-refractivity contribution in [1.29, 1.82) is 0 Å². The van der Waals surface area contributed by atoms with Crippen molar-refractivity contribution in [2.45, 2.75) is 18.7 Å². The van der Waals surface area contributed by atoms with Crippen LogP contribution in [-0.2, 0) is 10.0 Å². The molecule has 2 N–H and O–H groups in total. The molecule has 0 aliphatic rings. The molecule has 106 valence electrons. The number of primary sulfonamides is 1. The van der Waals surface area contributed by atoms with Crippen molar-refractivity contribution in [2.75, 3.05) is 0 Å². The van der Waals surface area contributed by atoms with E-state index >= 15 is 0 Å². The minimum atomic E-state index is -3.77. The van der Waals surface area contributed by atoms with Crippen LogP contribution in [0.1, 0.15) is 11.1 Å². The van der Waals surface area contributed by atoms with E-state index in [1.54, 1.807) is 0 Å². The van der Waals surface area contributed by atoms with E-state index < -0.39 is 10.0 Å². The number of hydrogen-bond donors (Lipinski definition) is 1. The second kappa shape index (κ2) is 5.44. The van der Waals surface area contributed by atoms with Gasteiger partial charge in [-0.3, -0.25) is 0 Å². The average molecular weight is 312 g/mol. The van der Waals surface area contributed by atoms with Crippen LogP contribution in [0, 0.1) is 13.8 Å². The van der Waals surface area contributed by atoms with Crippen LogP contribution >= 0.6 is 11.6 Å². The molecular formula is C14H14ClNO3S. The van der Waals surface area contributed by atoms with Crippen molar-refractivity contribution in [3.63, 3.8) is 0 Å². The van der Waals surface area contributed by atoms with Gasteiger partial charge in [0, 0.05) is 0 Å². The van der Waals surface area contributed by atoms with Gasteiger partial charge in [0.1, 0.15) is 11.5 Å². The molecule has 2 aromatic carbocycles. The van der Waals surface area contributed by atoms with Crippen molar-refractivity contribution in [3.05, 3.63) is 52.5 Å². The zero-order chi connectivity index (χ0) is 14.9. The maximum Gasteiger partial charge on any atom is 0.238 e. The summed E-state index contributed by atoms with van der Waals surface area (Å²) in [4.78, 5) is -0.0460. The summed E-state index contributed by atoms with van der Waals surface area (Å²) in [5, 5.41) is 5.23. The van der Waals surface area contributed by atoms with Crippen LogP contribution in [0.5, 0.6) is 11.5 Å². The highest BCUT2D eigenvalue weighted by Crippen LogP contribution is 2.31. The molecule has 2 aromatic rings. The highest BCUT2D eigenvalue weighted by Gasteiger charge is 2.12. The van der Waals surface area contributed by atoms with Crippen molar-refractivity contribution in [3.8, 4) is 11.5 Å². The third kappa shape index (κ3) is 3.50. The van der Waals surface area contributed by atoms with Crippen LogP contribution < -0.4 is 9.88 Å². The SMILES string of the molecule is Cc1cc(C)cc(Oc2ccc(S(N)(=O)=O)cc2Cl)c1. The predicted octanol–water partition coefficient (Wildman–Crippen LogP) is 3.40. The Bertz CT molecular complexity index is 737. The number of hydrogen-bond acceptors (Lipinski definition) is 3. The topological polar surface area (TPSA) is 69.4 Å². The molecule has 0 radical (unpaired) electrons. The number of halogens is 1. The Labute approximate surface area is 123 Å². The van der Waals surface area contributed by atoms with Gasteiger partial charge in [-0.15, -0.1) is 0 Å². The summed E-state index contributed by atoms with van der Waals surface area (Å²) >= 11 is 6.02. The molecule has 0 heterocycles. The molecule has 0 aliphatic carbocycles. The van der Waals surface area contributed by atoms with Gasteiger partial charge < -0.3 is 4.74 Å². The molecule has 0 aromatic heterocycles. The molecule has 0 fully saturated rings. The molecule has 0 saturated carbocycles. The summed E-state index contributed by atoms with van der Waals surface area (Å²) in [6.07, 6.45) is 0. The van der Waals surface area contributed by atoms with E-state index in [0.29, 0.717) is 11.5 Å². The van der Waals surface area contributed by atoms with Crippen LogP contribution in [0.3, 0.4) is 0 Å². The van der Waals surface area contributed by atoms with E-state index in [9.17, 15) is 8.42 Å². The summed E-state index contributed by atoms with van der Waals surface area (Å²) in [6.45, 7) is 3.93. The smallest absolute Gasteiger partial charge is 0.238 e. The zero-order valence-electron chi connectivity index (χ0n) is 11.1. The van der Waals surface area contributed by atoms with Gasteiger partial charge in [0.2, 0.25) is 10.0 Å². The second-order valence-electron chi connectivity index (χ2n) is 4.56. The molecule has 0 bridgehead atoms. The largest absolute Gasteiger partial charge is 0.456 e. The Morgan fingerprint density at radius 3 is 2.15 bits per heavy atom. The fourth-order valence-electron chi connectivity index (χ4n) is 1.86. The molecule has 20 heavy (non-hydrogen) atoms. The summed E-state index contributed by atoms with van der Waals surface area (Å²) in [7, 11) is -3.77. The fourth-order valence-corrected chi connectivity index (χ4v) is 2.68. The third-order valence-corrected chi connectivity index (χ3v) is 3.86. The monoisotopic (exact) mass is 311 g/mol. The van der Waals surface area contributed by atoms with Crippen LogP contribution in [0.4, 0.5) is 0 Å². The van der Waals surface area contributed by atoms with Crippen molar-refractivity contribution < 1.29 is 13.2 Å². The van der Waals surface area contributed by atoms with Crippen LogP contribution in [0.15, 0.2) is 41.3 Å². The summed E-state index contributed by atoms with van der Waals surface area (Å²) in [5.41, 5.74) is 2.13. The highest BCUT2D eigenvalue weighted by molar-refractivity contribution is 7.89. The molecule has 0 atom stereocenters. The Morgan fingerprint density at radius 2 is 1.65 bits per heavy atom. The maximum atomic E-state index is 11.2. The van der Waals surface area contributed by atoms with Crippen molar-refractivity contribution in [1.82, 2.24) is 0 Å². The first-order chi connectivity index (χ1) is 9.25. The van der Waals surface area contributed by atoms with Gasteiger partial charge >= 0.3 is 0 Å². The minimum Gasteiger partial charge on any atom is -0.456 e. The van der Waals surface area contributed by atoms with Gasteiger partial charge in [-0.1, -0.05) is 17.7 Å². The van der Waals surface area contributed by atoms with Crippen molar-refractivity contribution in [2.24, 2.45) is 5.14 Å². The Hall–Kier alpha value is -1.56. The number of ether oxygens (including phenoxy) is 1. The van der Waals surface area contributed by atoms with Gasteiger partial charge in [0.25, 0.3) is 0 Å². The van der Waals surface area contributed by atoms with Gasteiger partial charge in [-0.25, -0.2) is 13.6 Å². The summed E-state index contributed by atoms with van der Waals surface area (Å²) in [5.74, 6) is 1.02. The molecule has 0 saturated heterocycles. The minimum absolute atomic E-state index is 0.0460. The van der Waals surface area contributed by atoms with E-state index in [4.69, 9.17) is 21.5 Å². The molecule has 6 heteroatoms. The average Bonchev–Trinajstić information content (AvgIpc) is 2.29. The van der Waals surface area contributed by atoms with Gasteiger partial charge in [-0.05, 0) is 55.3 Å². The van der Waals surface area contributed by atoms with E-state index in [2.05, 4.69) is 0 Å². The normalized spacial score (nSPS) is 11.4. The molecule has 2 rings (SSSR count). The van der Waals surface area contributed by atoms with E-state index in [1.165, 1.54) is 18.2 Å². The van der Waals surface area contributed by atoms with E-state index in [1.807, 2.05) is 32.0 Å². The first-order valence-electron chi connectivity index (χ1n) is 5.84. The first-order valence-corrected chi connectivity index (χ1v) is 7.76. The first kappa shape index (κ1) is 14.8. The predicted molar refractivity (Wildman–Crippen MR) is 78.8 cm³/mol. The van der Waals surface area contributed by atoms with Crippen LogP contribution in [0.25, 0.3) is 0 Å². The van der Waals surface area contributed by atoms with E-state index in [0.717, 1.165) is 11.1 Å². The third-order valence-electron chi connectivity index (χ3n) is 2.65. The number of sulfonamides is 1. The number of nitrogens with two attached hydrogens (primary N) is 1. The number of benzene rings is 2. The molecule has 0 spiro atoms.